The van der Waals surface area contributed by atoms with E-state index < -0.39 is 6.17 Å². The summed E-state index contributed by atoms with van der Waals surface area (Å²) in [5.74, 6) is 2.29. The molecule has 2 aromatic carbocycles. The Morgan fingerprint density at radius 3 is 2.48 bits per heavy atom. The summed E-state index contributed by atoms with van der Waals surface area (Å²) in [5, 5.41) is 10.2. The van der Waals surface area contributed by atoms with Crippen LogP contribution in [0.5, 0.6) is 11.5 Å². The first-order chi connectivity index (χ1) is 11.3. The van der Waals surface area contributed by atoms with Crippen LogP contribution in [0.3, 0.4) is 0 Å². The van der Waals surface area contributed by atoms with Gasteiger partial charge in [-0.05, 0) is 36.4 Å². The summed E-state index contributed by atoms with van der Waals surface area (Å²) in [4.78, 5) is 4.16. The highest BCUT2D eigenvalue weighted by Gasteiger charge is 2.22. The van der Waals surface area contributed by atoms with Crippen molar-refractivity contribution in [1.82, 2.24) is 10.2 Å². The van der Waals surface area contributed by atoms with E-state index in [9.17, 15) is 0 Å². The summed E-state index contributed by atoms with van der Waals surface area (Å²) in [5.41, 5.74) is 8.75. The number of aliphatic imine (C=N–C) groups is 1. The van der Waals surface area contributed by atoms with Gasteiger partial charge >= 0.3 is 0 Å². The number of hydrogen-bond donors (Lipinski definition) is 3. The molecule has 1 aliphatic rings. The van der Waals surface area contributed by atoms with Crippen LogP contribution in [0.15, 0.2) is 59.6 Å². The molecule has 0 bridgehead atoms. The Hall–Kier alpha value is -3.12. The lowest BCUT2D eigenvalue weighted by Crippen LogP contribution is -2.16. The minimum Gasteiger partial charge on any atom is -0.457 e. The molecule has 1 unspecified atom stereocenters. The number of aromatic nitrogens is 2. The van der Waals surface area contributed by atoms with E-state index >= 15 is 0 Å². The van der Waals surface area contributed by atoms with Gasteiger partial charge in [-0.15, -0.1) is 0 Å². The summed E-state index contributed by atoms with van der Waals surface area (Å²) in [6, 6.07) is 17.4. The molecule has 4 N–H and O–H groups in total. The number of benzene rings is 2. The summed E-state index contributed by atoms with van der Waals surface area (Å²) < 4.78 is 5.80. The molecule has 0 amide bonds. The lowest BCUT2D eigenvalue weighted by molar-refractivity contribution is 0.483. The second-order valence-corrected chi connectivity index (χ2v) is 5.17. The molecule has 0 saturated heterocycles. The molecule has 3 aromatic rings. The van der Waals surface area contributed by atoms with Crippen LogP contribution in [0.2, 0.25) is 0 Å². The molecule has 0 spiro atoms. The molecule has 1 atom stereocenters. The average molecular weight is 305 g/mol. The number of nitrogens with zero attached hydrogens (tertiary/aromatic N) is 2. The predicted octanol–water partition coefficient (Wildman–Crippen LogP) is 3.28. The standard InChI is InChI=1S/C17H15N5O/c18-16-14-15(21-22-17(14)20-10-19-16)11-6-8-13(9-7-11)23-12-4-2-1-3-5-12/h1-10,16H,18H2,(H2,19,20,21,22). The topological polar surface area (TPSA) is 88.3 Å². The lowest BCUT2D eigenvalue weighted by Gasteiger charge is -2.14. The van der Waals surface area contributed by atoms with Gasteiger partial charge in [0, 0.05) is 5.56 Å². The normalized spacial score (nSPS) is 15.8. The maximum atomic E-state index is 6.04. The number of anilines is 1. The Kier molecular flexibility index (Phi) is 3.29. The van der Waals surface area contributed by atoms with Crippen LogP contribution in [0, 0.1) is 0 Å². The summed E-state index contributed by atoms with van der Waals surface area (Å²) in [7, 11) is 0. The second-order valence-electron chi connectivity index (χ2n) is 5.17. The Balaban J connectivity index is 1.61. The predicted molar refractivity (Wildman–Crippen MR) is 89.6 cm³/mol. The zero-order chi connectivity index (χ0) is 15.6. The number of H-pyrrole nitrogens is 1. The summed E-state index contributed by atoms with van der Waals surface area (Å²) in [6.45, 7) is 0. The van der Waals surface area contributed by atoms with Crippen molar-refractivity contribution in [3.8, 4) is 22.8 Å². The zero-order valence-corrected chi connectivity index (χ0v) is 12.2. The lowest BCUT2D eigenvalue weighted by atomic mass is 10.1. The maximum absolute atomic E-state index is 6.04. The first-order valence-corrected chi connectivity index (χ1v) is 7.26. The Morgan fingerprint density at radius 1 is 0.957 bits per heavy atom. The Labute approximate surface area is 133 Å². The number of rotatable bonds is 3. The number of para-hydroxylation sites is 1. The van der Waals surface area contributed by atoms with Crippen LogP contribution in [0.25, 0.3) is 11.3 Å². The third-order valence-electron chi connectivity index (χ3n) is 3.66. The van der Waals surface area contributed by atoms with Gasteiger partial charge in [-0.2, -0.15) is 5.10 Å². The number of nitrogens with two attached hydrogens (primary N) is 1. The van der Waals surface area contributed by atoms with Crippen molar-refractivity contribution in [3.05, 3.63) is 60.2 Å². The van der Waals surface area contributed by atoms with Gasteiger partial charge in [0.25, 0.3) is 0 Å². The van der Waals surface area contributed by atoms with E-state index in [1.807, 2.05) is 54.6 Å². The van der Waals surface area contributed by atoms with Crippen LogP contribution < -0.4 is 15.8 Å². The van der Waals surface area contributed by atoms with E-state index in [0.29, 0.717) is 5.82 Å². The monoisotopic (exact) mass is 305 g/mol. The molecule has 2 heterocycles. The van der Waals surface area contributed by atoms with Gasteiger partial charge in [0.2, 0.25) is 0 Å². The van der Waals surface area contributed by atoms with Crippen molar-refractivity contribution < 1.29 is 4.74 Å². The number of ether oxygens (including phenoxy) is 1. The van der Waals surface area contributed by atoms with Gasteiger partial charge in [-0.1, -0.05) is 18.2 Å². The highest BCUT2D eigenvalue weighted by Crippen LogP contribution is 2.34. The molecule has 4 rings (SSSR count). The van der Waals surface area contributed by atoms with Crippen molar-refractivity contribution in [3.63, 3.8) is 0 Å². The molecular weight excluding hydrogens is 290 g/mol. The van der Waals surface area contributed by atoms with Crippen molar-refractivity contribution in [1.29, 1.82) is 0 Å². The number of hydrogen-bond acceptors (Lipinski definition) is 5. The Morgan fingerprint density at radius 2 is 1.70 bits per heavy atom. The van der Waals surface area contributed by atoms with Crippen LogP contribution in [-0.4, -0.2) is 16.5 Å². The highest BCUT2D eigenvalue weighted by atomic mass is 16.5. The van der Waals surface area contributed by atoms with Crippen LogP contribution in [0.1, 0.15) is 11.7 Å². The van der Waals surface area contributed by atoms with E-state index in [2.05, 4.69) is 20.5 Å². The van der Waals surface area contributed by atoms with Gasteiger partial charge in [0.1, 0.15) is 17.7 Å². The zero-order valence-electron chi connectivity index (χ0n) is 12.2. The molecule has 0 aliphatic carbocycles. The minimum atomic E-state index is -0.416. The van der Waals surface area contributed by atoms with Crippen LogP contribution in [0.4, 0.5) is 5.82 Å². The van der Waals surface area contributed by atoms with Crippen molar-refractivity contribution in [2.24, 2.45) is 10.7 Å². The average Bonchev–Trinajstić information content (AvgIpc) is 3.02. The fraction of sp³-hybridized carbons (Fsp3) is 0.0588. The molecule has 6 heteroatoms. The van der Waals surface area contributed by atoms with Gasteiger partial charge in [-0.25, -0.2) is 0 Å². The first-order valence-electron chi connectivity index (χ1n) is 7.26. The molecular formula is C17H15N5O. The number of fused-ring (bicyclic) bond motifs is 1. The van der Waals surface area contributed by atoms with E-state index in [1.54, 1.807) is 6.34 Å². The Bertz CT molecular complexity index is 839. The van der Waals surface area contributed by atoms with Crippen molar-refractivity contribution in [2.75, 3.05) is 5.32 Å². The minimum absolute atomic E-state index is 0.416. The third-order valence-corrected chi connectivity index (χ3v) is 3.66. The second kappa shape index (κ2) is 5.58. The molecule has 114 valence electrons. The van der Waals surface area contributed by atoms with E-state index in [0.717, 1.165) is 28.3 Å². The van der Waals surface area contributed by atoms with E-state index in [-0.39, 0.29) is 0 Å². The molecule has 0 saturated carbocycles. The fourth-order valence-corrected chi connectivity index (χ4v) is 2.54. The maximum Gasteiger partial charge on any atom is 0.160 e. The van der Waals surface area contributed by atoms with Gasteiger partial charge in [0.15, 0.2) is 5.82 Å². The molecule has 6 nitrogen and oxygen atoms in total. The van der Waals surface area contributed by atoms with E-state index in [1.165, 1.54) is 0 Å². The smallest absolute Gasteiger partial charge is 0.160 e. The molecule has 0 radical (unpaired) electrons. The molecule has 1 aromatic heterocycles. The van der Waals surface area contributed by atoms with Gasteiger partial charge < -0.3 is 15.8 Å². The van der Waals surface area contributed by atoms with Crippen molar-refractivity contribution in [2.45, 2.75) is 6.17 Å². The number of nitrogens with one attached hydrogen (secondary N) is 2. The molecule has 23 heavy (non-hydrogen) atoms. The first kappa shape index (κ1) is 13.5. The quantitative estimate of drug-likeness (QED) is 0.693. The molecule has 0 fully saturated rings. The largest absolute Gasteiger partial charge is 0.457 e. The summed E-state index contributed by atoms with van der Waals surface area (Å²) in [6.07, 6.45) is 1.15. The third kappa shape index (κ3) is 2.56. The van der Waals surface area contributed by atoms with Gasteiger partial charge in [-0.3, -0.25) is 10.1 Å². The molecule has 1 aliphatic heterocycles. The highest BCUT2D eigenvalue weighted by molar-refractivity contribution is 5.82. The van der Waals surface area contributed by atoms with Crippen LogP contribution in [-0.2, 0) is 0 Å². The van der Waals surface area contributed by atoms with E-state index in [4.69, 9.17) is 10.5 Å². The summed E-state index contributed by atoms with van der Waals surface area (Å²) >= 11 is 0. The van der Waals surface area contributed by atoms with Crippen LogP contribution >= 0.6 is 0 Å². The van der Waals surface area contributed by atoms with Gasteiger partial charge in [0.05, 0.1) is 17.6 Å². The number of aromatic amines is 1. The SMILES string of the molecule is NC1N=CNc2n[nH]c(-c3ccc(Oc4ccccc4)cc3)c21. The van der Waals surface area contributed by atoms with Crippen molar-refractivity contribution >= 4 is 12.2 Å². The fourth-order valence-electron chi connectivity index (χ4n) is 2.54.